The summed E-state index contributed by atoms with van der Waals surface area (Å²) in [5.41, 5.74) is 5.24. The molecule has 112 valence electrons. The monoisotopic (exact) mass is 299 g/mol. The molecule has 0 spiro atoms. The zero-order chi connectivity index (χ0) is 14.4. The number of H-pyrrole nitrogens is 1. The molecule has 1 aliphatic rings. The summed E-state index contributed by atoms with van der Waals surface area (Å²) in [6.45, 7) is 5.60. The number of halogens is 1. The lowest BCUT2D eigenvalue weighted by molar-refractivity contribution is 0.288. The van der Waals surface area contributed by atoms with Gasteiger partial charge in [-0.05, 0) is 38.9 Å². The minimum atomic E-state index is -0.277. The molecule has 0 unspecified atom stereocenters. The highest BCUT2D eigenvalue weighted by molar-refractivity contribution is 6.32. The molecule has 0 aromatic carbocycles. The first kappa shape index (κ1) is 15.3. The van der Waals surface area contributed by atoms with Crippen LogP contribution in [0, 0.1) is 0 Å². The van der Waals surface area contributed by atoms with E-state index in [0.29, 0.717) is 5.82 Å². The molecule has 0 aliphatic carbocycles. The molecule has 2 heterocycles. The van der Waals surface area contributed by atoms with Gasteiger partial charge >= 0.3 is 0 Å². The standard InChI is InChI=1S/C13H22ClN5O/c14-11-12(16-10-17-13(11)20)19-7-3-6-18(8-9-19)5-2-1-4-15/h10H,1-9,15H2,(H,16,17,20). The zero-order valence-electron chi connectivity index (χ0n) is 11.6. The fourth-order valence-corrected chi connectivity index (χ4v) is 2.70. The summed E-state index contributed by atoms with van der Waals surface area (Å²) in [6, 6.07) is 0. The van der Waals surface area contributed by atoms with Crippen LogP contribution in [0.15, 0.2) is 11.1 Å². The van der Waals surface area contributed by atoms with E-state index in [4.69, 9.17) is 17.3 Å². The van der Waals surface area contributed by atoms with Gasteiger partial charge in [0.2, 0.25) is 0 Å². The summed E-state index contributed by atoms with van der Waals surface area (Å²) < 4.78 is 0. The maximum absolute atomic E-state index is 11.5. The fourth-order valence-electron chi connectivity index (χ4n) is 2.48. The van der Waals surface area contributed by atoms with Gasteiger partial charge in [0, 0.05) is 19.6 Å². The van der Waals surface area contributed by atoms with Gasteiger partial charge in [-0.3, -0.25) is 4.79 Å². The smallest absolute Gasteiger partial charge is 0.271 e. The molecule has 1 saturated heterocycles. The Hall–Kier alpha value is -1.11. The second-order valence-corrected chi connectivity index (χ2v) is 5.43. The molecule has 6 nitrogen and oxygen atoms in total. The number of nitrogens with two attached hydrogens (primary N) is 1. The van der Waals surface area contributed by atoms with E-state index >= 15 is 0 Å². The van der Waals surface area contributed by atoms with E-state index in [1.54, 1.807) is 0 Å². The number of nitrogens with zero attached hydrogens (tertiary/aromatic N) is 3. The first-order chi connectivity index (χ1) is 9.72. The highest BCUT2D eigenvalue weighted by atomic mass is 35.5. The normalized spacial score (nSPS) is 17.2. The lowest BCUT2D eigenvalue weighted by Crippen LogP contribution is -2.32. The molecule has 20 heavy (non-hydrogen) atoms. The van der Waals surface area contributed by atoms with Gasteiger partial charge < -0.3 is 20.5 Å². The Morgan fingerprint density at radius 1 is 1.30 bits per heavy atom. The Morgan fingerprint density at radius 2 is 2.15 bits per heavy atom. The van der Waals surface area contributed by atoms with Gasteiger partial charge in [0.05, 0.1) is 6.33 Å². The Balaban J connectivity index is 1.95. The van der Waals surface area contributed by atoms with Crippen LogP contribution < -0.4 is 16.2 Å². The predicted octanol–water partition coefficient (Wildman–Crippen LogP) is 0.674. The lowest BCUT2D eigenvalue weighted by atomic mass is 10.3. The van der Waals surface area contributed by atoms with Crippen LogP contribution in [0.25, 0.3) is 0 Å². The van der Waals surface area contributed by atoms with E-state index in [2.05, 4.69) is 19.8 Å². The van der Waals surface area contributed by atoms with Crippen molar-refractivity contribution in [3.63, 3.8) is 0 Å². The average Bonchev–Trinajstić information content (AvgIpc) is 2.68. The van der Waals surface area contributed by atoms with Crippen LogP contribution in [0.1, 0.15) is 19.3 Å². The molecule has 0 atom stereocenters. The third-order valence-corrected chi connectivity index (χ3v) is 3.94. The molecule has 0 radical (unpaired) electrons. The summed E-state index contributed by atoms with van der Waals surface area (Å²) in [4.78, 5) is 22.8. The van der Waals surface area contributed by atoms with Crippen LogP contribution in [-0.2, 0) is 0 Å². The molecule has 0 saturated carbocycles. The number of nitrogens with one attached hydrogen (secondary N) is 1. The van der Waals surface area contributed by atoms with Crippen molar-refractivity contribution in [3.05, 3.63) is 21.7 Å². The second-order valence-electron chi connectivity index (χ2n) is 5.05. The van der Waals surface area contributed by atoms with Gasteiger partial charge in [-0.25, -0.2) is 4.98 Å². The molecule has 7 heteroatoms. The van der Waals surface area contributed by atoms with Crippen molar-refractivity contribution < 1.29 is 0 Å². The zero-order valence-corrected chi connectivity index (χ0v) is 12.4. The number of aromatic amines is 1. The number of anilines is 1. The molecule has 3 N–H and O–H groups in total. The maximum Gasteiger partial charge on any atom is 0.271 e. The van der Waals surface area contributed by atoms with Crippen LogP contribution in [0.4, 0.5) is 5.82 Å². The Morgan fingerprint density at radius 3 is 2.95 bits per heavy atom. The van der Waals surface area contributed by atoms with Crippen molar-refractivity contribution in [2.75, 3.05) is 44.2 Å². The van der Waals surface area contributed by atoms with Gasteiger partial charge in [-0.1, -0.05) is 11.6 Å². The van der Waals surface area contributed by atoms with Gasteiger partial charge in [0.15, 0.2) is 5.82 Å². The summed E-state index contributed by atoms with van der Waals surface area (Å²) in [5, 5.41) is 0.184. The minimum absolute atomic E-state index is 0.184. The molecular weight excluding hydrogens is 278 g/mol. The Labute approximate surface area is 123 Å². The van der Waals surface area contributed by atoms with Crippen LogP contribution in [-0.4, -0.2) is 54.1 Å². The van der Waals surface area contributed by atoms with Gasteiger partial charge in [0.25, 0.3) is 5.56 Å². The first-order valence-electron chi connectivity index (χ1n) is 7.13. The highest BCUT2D eigenvalue weighted by Crippen LogP contribution is 2.19. The first-order valence-corrected chi connectivity index (χ1v) is 7.50. The molecule has 1 aromatic rings. The molecule has 0 bridgehead atoms. The lowest BCUT2D eigenvalue weighted by Gasteiger charge is -2.23. The molecule has 1 aromatic heterocycles. The van der Waals surface area contributed by atoms with E-state index in [0.717, 1.165) is 58.5 Å². The number of aromatic nitrogens is 2. The summed E-state index contributed by atoms with van der Waals surface area (Å²) >= 11 is 6.04. The number of rotatable bonds is 5. The topological polar surface area (TPSA) is 78.2 Å². The summed E-state index contributed by atoms with van der Waals surface area (Å²) in [7, 11) is 0. The fraction of sp³-hybridized carbons (Fsp3) is 0.692. The average molecular weight is 300 g/mol. The van der Waals surface area contributed by atoms with E-state index < -0.39 is 0 Å². The number of unbranched alkanes of at least 4 members (excludes halogenated alkanes) is 1. The van der Waals surface area contributed by atoms with E-state index in [-0.39, 0.29) is 10.6 Å². The quantitative estimate of drug-likeness (QED) is 0.782. The SMILES string of the molecule is NCCCCN1CCCN(c2nc[nH]c(=O)c2Cl)CC1. The minimum Gasteiger partial charge on any atom is -0.354 e. The third kappa shape index (κ3) is 3.94. The number of hydrogen-bond donors (Lipinski definition) is 2. The van der Waals surface area contributed by atoms with Crippen LogP contribution in [0.2, 0.25) is 5.02 Å². The Kier molecular flexibility index (Phi) is 5.82. The van der Waals surface area contributed by atoms with E-state index in [1.807, 2.05) is 0 Å². The summed E-state index contributed by atoms with van der Waals surface area (Å²) in [6.07, 6.45) is 4.67. The third-order valence-electron chi connectivity index (χ3n) is 3.59. The molecule has 1 aliphatic heterocycles. The summed E-state index contributed by atoms with van der Waals surface area (Å²) in [5.74, 6) is 0.597. The second kappa shape index (κ2) is 7.61. The van der Waals surface area contributed by atoms with Gasteiger partial charge in [-0.2, -0.15) is 0 Å². The van der Waals surface area contributed by atoms with Crippen molar-refractivity contribution >= 4 is 17.4 Å². The van der Waals surface area contributed by atoms with Gasteiger partial charge in [-0.15, -0.1) is 0 Å². The van der Waals surface area contributed by atoms with Crippen LogP contribution >= 0.6 is 11.6 Å². The molecule has 0 amide bonds. The largest absolute Gasteiger partial charge is 0.354 e. The maximum atomic E-state index is 11.5. The van der Waals surface area contributed by atoms with Crippen molar-refractivity contribution in [3.8, 4) is 0 Å². The predicted molar refractivity (Wildman–Crippen MR) is 81.4 cm³/mol. The van der Waals surface area contributed by atoms with Gasteiger partial charge in [0.1, 0.15) is 5.02 Å². The van der Waals surface area contributed by atoms with Crippen LogP contribution in [0.5, 0.6) is 0 Å². The highest BCUT2D eigenvalue weighted by Gasteiger charge is 2.18. The number of hydrogen-bond acceptors (Lipinski definition) is 5. The molecular formula is C13H22ClN5O. The Bertz CT molecular complexity index is 478. The van der Waals surface area contributed by atoms with E-state index in [1.165, 1.54) is 6.33 Å². The molecule has 1 fully saturated rings. The van der Waals surface area contributed by atoms with Crippen molar-refractivity contribution in [2.24, 2.45) is 5.73 Å². The van der Waals surface area contributed by atoms with E-state index in [9.17, 15) is 4.79 Å². The van der Waals surface area contributed by atoms with Crippen molar-refractivity contribution in [1.29, 1.82) is 0 Å². The molecule has 2 rings (SSSR count). The van der Waals surface area contributed by atoms with Crippen LogP contribution in [0.3, 0.4) is 0 Å². The van der Waals surface area contributed by atoms with Crippen molar-refractivity contribution in [2.45, 2.75) is 19.3 Å². The van der Waals surface area contributed by atoms with Crippen molar-refractivity contribution in [1.82, 2.24) is 14.9 Å².